The molecule has 0 unspecified atom stereocenters. The fourth-order valence-corrected chi connectivity index (χ4v) is 5.34. The van der Waals surface area contributed by atoms with Gasteiger partial charge < -0.3 is 18.9 Å². The number of hydrogen-bond acceptors (Lipinski definition) is 6. The zero-order valence-corrected chi connectivity index (χ0v) is 20.7. The van der Waals surface area contributed by atoms with Gasteiger partial charge in [0, 0.05) is 0 Å². The Balaban J connectivity index is 1.14. The predicted molar refractivity (Wildman–Crippen MR) is 133 cm³/mol. The second-order valence-corrected chi connectivity index (χ2v) is 9.79. The van der Waals surface area contributed by atoms with Crippen LogP contribution in [0.15, 0.2) is 48.5 Å². The summed E-state index contributed by atoms with van der Waals surface area (Å²) in [6.45, 7) is 0. The molecule has 2 aromatic carbocycles. The highest BCUT2D eigenvalue weighted by Gasteiger charge is 2.29. The fraction of sp³-hybridized carbons (Fsp3) is 0.517. The first-order valence-corrected chi connectivity index (χ1v) is 12.7. The van der Waals surface area contributed by atoms with Crippen LogP contribution >= 0.6 is 0 Å². The van der Waals surface area contributed by atoms with Crippen LogP contribution in [0.25, 0.3) is 0 Å². The van der Waals surface area contributed by atoms with Crippen LogP contribution in [0.1, 0.15) is 78.5 Å². The Morgan fingerprint density at radius 2 is 0.943 bits per heavy atom. The van der Waals surface area contributed by atoms with E-state index in [9.17, 15) is 9.59 Å². The van der Waals surface area contributed by atoms with Crippen LogP contribution in [0.2, 0.25) is 0 Å². The van der Waals surface area contributed by atoms with E-state index in [-0.39, 0.29) is 24.1 Å². The number of carbonyl (C=O) groups excluding carboxylic acids is 2. The van der Waals surface area contributed by atoms with Crippen LogP contribution in [0.3, 0.4) is 0 Å². The van der Waals surface area contributed by atoms with E-state index in [0.717, 1.165) is 62.9 Å². The van der Waals surface area contributed by atoms with Crippen molar-refractivity contribution in [3.8, 4) is 11.5 Å². The van der Waals surface area contributed by atoms with Crippen molar-refractivity contribution in [2.24, 2.45) is 11.8 Å². The third kappa shape index (κ3) is 7.00. The molecule has 2 aliphatic rings. The lowest BCUT2D eigenvalue weighted by Gasteiger charge is -2.33. The van der Waals surface area contributed by atoms with Gasteiger partial charge in [0.2, 0.25) is 0 Å². The zero-order chi connectivity index (χ0) is 24.6. The molecule has 0 atom stereocenters. The average molecular weight is 481 g/mol. The maximum absolute atomic E-state index is 12.4. The number of ether oxygens (including phenoxy) is 4. The SMILES string of the molecule is COc1ccc(C(=O)OC2CCC(CC3CCC(OC(=O)c4ccc(OC)cc4)CC3)CC2)cc1. The Labute approximate surface area is 207 Å². The summed E-state index contributed by atoms with van der Waals surface area (Å²) in [7, 11) is 3.21. The van der Waals surface area contributed by atoms with Crippen LogP contribution in [0.4, 0.5) is 0 Å². The maximum atomic E-state index is 12.4. The minimum Gasteiger partial charge on any atom is -0.497 e. The molecular weight excluding hydrogens is 444 g/mol. The topological polar surface area (TPSA) is 71.1 Å². The second kappa shape index (κ2) is 12.1. The van der Waals surface area contributed by atoms with E-state index in [2.05, 4.69) is 0 Å². The Morgan fingerprint density at radius 1 is 0.600 bits per heavy atom. The Kier molecular flexibility index (Phi) is 8.67. The molecule has 2 fully saturated rings. The van der Waals surface area contributed by atoms with E-state index in [1.165, 1.54) is 6.42 Å². The standard InChI is InChI=1S/C29H36O6/c1-32-24-15-7-22(8-16-24)28(30)34-26-11-3-20(4-12-26)19-21-5-13-27(14-6-21)35-29(31)23-9-17-25(33-2)18-10-23/h7-10,15-18,20-21,26-27H,3-6,11-14,19H2,1-2H3. The van der Waals surface area contributed by atoms with E-state index < -0.39 is 0 Å². The highest BCUT2D eigenvalue weighted by atomic mass is 16.5. The lowest BCUT2D eigenvalue weighted by molar-refractivity contribution is 0.0104. The van der Waals surface area contributed by atoms with Crippen molar-refractivity contribution in [2.45, 2.75) is 70.0 Å². The van der Waals surface area contributed by atoms with E-state index in [1.54, 1.807) is 62.8 Å². The lowest BCUT2D eigenvalue weighted by atomic mass is 9.76. The van der Waals surface area contributed by atoms with Crippen molar-refractivity contribution in [3.63, 3.8) is 0 Å². The molecule has 4 rings (SSSR count). The molecule has 2 saturated carbocycles. The molecule has 0 radical (unpaired) electrons. The first-order chi connectivity index (χ1) is 17.0. The van der Waals surface area contributed by atoms with Crippen molar-refractivity contribution in [1.82, 2.24) is 0 Å². The number of rotatable bonds is 8. The van der Waals surface area contributed by atoms with Gasteiger partial charge >= 0.3 is 11.9 Å². The summed E-state index contributed by atoms with van der Waals surface area (Å²) in [5, 5.41) is 0. The molecule has 2 aliphatic carbocycles. The monoisotopic (exact) mass is 480 g/mol. The smallest absolute Gasteiger partial charge is 0.338 e. The zero-order valence-electron chi connectivity index (χ0n) is 20.7. The number of hydrogen-bond donors (Lipinski definition) is 0. The Hall–Kier alpha value is -3.02. The van der Waals surface area contributed by atoms with Gasteiger partial charge in [0.05, 0.1) is 25.3 Å². The average Bonchev–Trinajstić information content (AvgIpc) is 2.91. The molecule has 0 bridgehead atoms. The molecule has 35 heavy (non-hydrogen) atoms. The van der Waals surface area contributed by atoms with Crippen molar-refractivity contribution >= 4 is 11.9 Å². The van der Waals surface area contributed by atoms with Gasteiger partial charge in [0.1, 0.15) is 23.7 Å². The van der Waals surface area contributed by atoms with Crippen molar-refractivity contribution in [3.05, 3.63) is 59.7 Å². The summed E-state index contributed by atoms with van der Waals surface area (Å²) < 4.78 is 21.8. The molecule has 6 heteroatoms. The highest BCUT2D eigenvalue weighted by Crippen LogP contribution is 2.37. The van der Waals surface area contributed by atoms with E-state index in [1.807, 2.05) is 0 Å². The van der Waals surface area contributed by atoms with E-state index in [4.69, 9.17) is 18.9 Å². The van der Waals surface area contributed by atoms with Crippen molar-refractivity contribution in [1.29, 1.82) is 0 Å². The van der Waals surface area contributed by atoms with Gasteiger partial charge in [-0.3, -0.25) is 0 Å². The van der Waals surface area contributed by atoms with Gasteiger partial charge in [0.15, 0.2) is 0 Å². The van der Waals surface area contributed by atoms with Gasteiger partial charge in [-0.1, -0.05) is 0 Å². The fourth-order valence-electron chi connectivity index (χ4n) is 5.34. The van der Waals surface area contributed by atoms with Crippen LogP contribution in [0, 0.1) is 11.8 Å². The summed E-state index contributed by atoms with van der Waals surface area (Å²) in [4.78, 5) is 24.9. The van der Waals surface area contributed by atoms with Crippen LogP contribution in [-0.4, -0.2) is 38.4 Å². The minimum absolute atomic E-state index is 0.00829. The summed E-state index contributed by atoms with van der Waals surface area (Å²) >= 11 is 0. The predicted octanol–water partition coefficient (Wildman–Crippen LogP) is 6.23. The van der Waals surface area contributed by atoms with Gasteiger partial charge in [-0.05, 0) is 118 Å². The molecule has 0 spiro atoms. The van der Waals surface area contributed by atoms with Gasteiger partial charge in [-0.2, -0.15) is 0 Å². The van der Waals surface area contributed by atoms with Gasteiger partial charge in [-0.25, -0.2) is 9.59 Å². The van der Waals surface area contributed by atoms with Crippen LogP contribution in [0.5, 0.6) is 11.5 Å². The van der Waals surface area contributed by atoms with E-state index >= 15 is 0 Å². The summed E-state index contributed by atoms with van der Waals surface area (Å²) in [6, 6.07) is 14.1. The summed E-state index contributed by atoms with van der Waals surface area (Å²) in [5.74, 6) is 2.33. The first kappa shape index (κ1) is 25.1. The maximum Gasteiger partial charge on any atom is 0.338 e. The second-order valence-electron chi connectivity index (χ2n) is 9.79. The molecule has 2 aromatic rings. The highest BCUT2D eigenvalue weighted by molar-refractivity contribution is 5.90. The Morgan fingerprint density at radius 3 is 1.26 bits per heavy atom. The molecule has 0 saturated heterocycles. The first-order valence-electron chi connectivity index (χ1n) is 12.7. The third-order valence-electron chi connectivity index (χ3n) is 7.45. The molecule has 0 amide bonds. The molecular formula is C29H36O6. The lowest BCUT2D eigenvalue weighted by Crippen LogP contribution is -2.28. The summed E-state index contributed by atoms with van der Waals surface area (Å²) in [5.41, 5.74) is 1.13. The Bertz CT molecular complexity index is 872. The molecule has 0 aliphatic heterocycles. The number of esters is 2. The van der Waals surface area contributed by atoms with Gasteiger partial charge in [-0.15, -0.1) is 0 Å². The van der Waals surface area contributed by atoms with Crippen molar-refractivity contribution < 1.29 is 28.5 Å². The minimum atomic E-state index is -0.251. The molecule has 6 nitrogen and oxygen atoms in total. The number of carbonyl (C=O) groups is 2. The largest absolute Gasteiger partial charge is 0.497 e. The molecule has 0 heterocycles. The third-order valence-corrected chi connectivity index (χ3v) is 7.45. The molecule has 0 N–H and O–H groups in total. The van der Waals surface area contributed by atoms with Crippen LogP contribution in [-0.2, 0) is 9.47 Å². The summed E-state index contributed by atoms with van der Waals surface area (Å²) in [6.07, 6.45) is 9.38. The normalized spacial score (nSPS) is 24.3. The number of benzene rings is 2. The molecule has 0 aromatic heterocycles. The van der Waals surface area contributed by atoms with Crippen LogP contribution < -0.4 is 9.47 Å². The van der Waals surface area contributed by atoms with Gasteiger partial charge in [0.25, 0.3) is 0 Å². The quantitative estimate of drug-likeness (QED) is 0.418. The molecule has 188 valence electrons. The van der Waals surface area contributed by atoms with Crippen molar-refractivity contribution in [2.75, 3.05) is 14.2 Å². The van der Waals surface area contributed by atoms with E-state index in [0.29, 0.717) is 23.0 Å². The number of methoxy groups -OCH3 is 2.